The summed E-state index contributed by atoms with van der Waals surface area (Å²) in [5.41, 5.74) is 2.81. The van der Waals surface area contributed by atoms with Crippen LogP contribution < -0.4 is 10.1 Å². The standard InChI is InChI=1S/C20H27NO/c1-2-22-20-14-12-19(13-15-20)11-7-17-21-16-6-10-18-8-4-3-5-9-18/h3-5,8-9,12-15,21H,2,6-7,10-11,16-17H2,1H3. The summed E-state index contributed by atoms with van der Waals surface area (Å²) < 4.78 is 5.45. The molecule has 0 aliphatic rings. The van der Waals surface area contributed by atoms with E-state index in [-0.39, 0.29) is 0 Å². The molecule has 22 heavy (non-hydrogen) atoms. The average molecular weight is 297 g/mol. The van der Waals surface area contributed by atoms with E-state index in [1.165, 1.54) is 24.0 Å². The van der Waals surface area contributed by atoms with Gasteiger partial charge in [-0.25, -0.2) is 0 Å². The van der Waals surface area contributed by atoms with E-state index < -0.39 is 0 Å². The van der Waals surface area contributed by atoms with Crippen LogP contribution in [0.15, 0.2) is 54.6 Å². The van der Waals surface area contributed by atoms with Gasteiger partial charge in [0.15, 0.2) is 0 Å². The molecule has 0 saturated heterocycles. The second-order valence-electron chi connectivity index (χ2n) is 5.52. The van der Waals surface area contributed by atoms with Gasteiger partial charge in [0.1, 0.15) is 5.75 Å². The van der Waals surface area contributed by atoms with Gasteiger partial charge in [0.2, 0.25) is 0 Å². The summed E-state index contributed by atoms with van der Waals surface area (Å²) in [4.78, 5) is 0. The van der Waals surface area contributed by atoms with Crippen LogP contribution in [0.25, 0.3) is 0 Å². The lowest BCUT2D eigenvalue weighted by molar-refractivity contribution is 0.340. The molecular weight excluding hydrogens is 270 g/mol. The van der Waals surface area contributed by atoms with E-state index in [9.17, 15) is 0 Å². The number of aryl methyl sites for hydroxylation is 2. The highest BCUT2D eigenvalue weighted by Crippen LogP contribution is 2.13. The SMILES string of the molecule is CCOc1ccc(CCCNCCCc2ccccc2)cc1. The summed E-state index contributed by atoms with van der Waals surface area (Å²) in [6, 6.07) is 19.2. The predicted molar refractivity (Wildman–Crippen MR) is 93.6 cm³/mol. The maximum Gasteiger partial charge on any atom is 0.119 e. The van der Waals surface area contributed by atoms with Gasteiger partial charge >= 0.3 is 0 Å². The fourth-order valence-corrected chi connectivity index (χ4v) is 2.52. The third-order valence-corrected chi connectivity index (χ3v) is 3.72. The first-order chi connectivity index (χ1) is 10.9. The van der Waals surface area contributed by atoms with Crippen LogP contribution in [-0.4, -0.2) is 19.7 Å². The lowest BCUT2D eigenvalue weighted by Crippen LogP contribution is -2.17. The Hall–Kier alpha value is -1.80. The van der Waals surface area contributed by atoms with Crippen LogP contribution in [0.1, 0.15) is 30.9 Å². The Morgan fingerprint density at radius 3 is 1.95 bits per heavy atom. The van der Waals surface area contributed by atoms with Crippen LogP contribution in [0.4, 0.5) is 0 Å². The Bertz CT molecular complexity index is 507. The molecule has 0 fully saturated rings. The second kappa shape index (κ2) is 10.0. The minimum atomic E-state index is 0.728. The van der Waals surface area contributed by atoms with E-state index in [1.54, 1.807) is 0 Å². The lowest BCUT2D eigenvalue weighted by Gasteiger charge is -2.06. The first kappa shape index (κ1) is 16.6. The fraction of sp³-hybridized carbons (Fsp3) is 0.400. The Balaban J connectivity index is 1.52. The summed E-state index contributed by atoms with van der Waals surface area (Å²) in [6.45, 7) is 4.92. The maximum absolute atomic E-state index is 5.45. The zero-order valence-electron chi connectivity index (χ0n) is 13.6. The summed E-state index contributed by atoms with van der Waals surface area (Å²) in [6.07, 6.45) is 4.66. The van der Waals surface area contributed by atoms with E-state index in [2.05, 4.69) is 59.9 Å². The van der Waals surface area contributed by atoms with Crippen molar-refractivity contribution in [3.05, 3.63) is 65.7 Å². The molecule has 0 aromatic heterocycles. The van der Waals surface area contributed by atoms with Crippen molar-refractivity contribution in [2.24, 2.45) is 0 Å². The molecule has 0 amide bonds. The molecule has 0 radical (unpaired) electrons. The minimum absolute atomic E-state index is 0.728. The van der Waals surface area contributed by atoms with Gasteiger partial charge < -0.3 is 10.1 Å². The molecule has 0 atom stereocenters. The van der Waals surface area contributed by atoms with Crippen molar-refractivity contribution in [2.45, 2.75) is 32.6 Å². The minimum Gasteiger partial charge on any atom is -0.494 e. The largest absolute Gasteiger partial charge is 0.494 e. The smallest absolute Gasteiger partial charge is 0.119 e. The van der Waals surface area contributed by atoms with Crippen molar-refractivity contribution in [2.75, 3.05) is 19.7 Å². The van der Waals surface area contributed by atoms with Crippen LogP contribution in [-0.2, 0) is 12.8 Å². The van der Waals surface area contributed by atoms with E-state index in [4.69, 9.17) is 4.74 Å². The Morgan fingerprint density at radius 1 is 0.773 bits per heavy atom. The molecule has 2 nitrogen and oxygen atoms in total. The molecule has 0 bridgehead atoms. The lowest BCUT2D eigenvalue weighted by atomic mass is 10.1. The molecule has 0 unspecified atom stereocenters. The summed E-state index contributed by atoms with van der Waals surface area (Å²) in [7, 11) is 0. The fourth-order valence-electron chi connectivity index (χ4n) is 2.52. The van der Waals surface area contributed by atoms with Crippen molar-refractivity contribution in [3.8, 4) is 5.75 Å². The van der Waals surface area contributed by atoms with Crippen molar-refractivity contribution < 1.29 is 4.74 Å². The van der Waals surface area contributed by atoms with Crippen LogP contribution in [0.5, 0.6) is 5.75 Å². The molecule has 2 aromatic carbocycles. The van der Waals surface area contributed by atoms with Gasteiger partial charge in [0.25, 0.3) is 0 Å². The Kier molecular flexibility index (Phi) is 7.54. The van der Waals surface area contributed by atoms with Crippen molar-refractivity contribution in [3.63, 3.8) is 0 Å². The van der Waals surface area contributed by atoms with Crippen molar-refractivity contribution in [1.29, 1.82) is 0 Å². The molecule has 0 aliphatic heterocycles. The molecule has 1 N–H and O–H groups in total. The molecule has 0 spiro atoms. The first-order valence-corrected chi connectivity index (χ1v) is 8.35. The van der Waals surface area contributed by atoms with Crippen LogP contribution in [0, 0.1) is 0 Å². The molecule has 118 valence electrons. The monoisotopic (exact) mass is 297 g/mol. The molecular formula is C20H27NO. The van der Waals surface area contributed by atoms with Gasteiger partial charge in [-0.2, -0.15) is 0 Å². The van der Waals surface area contributed by atoms with E-state index >= 15 is 0 Å². The van der Waals surface area contributed by atoms with Gasteiger partial charge in [-0.3, -0.25) is 0 Å². The summed E-state index contributed by atoms with van der Waals surface area (Å²) in [5.74, 6) is 0.963. The highest BCUT2D eigenvalue weighted by atomic mass is 16.5. The molecule has 0 saturated carbocycles. The molecule has 2 aromatic rings. The second-order valence-corrected chi connectivity index (χ2v) is 5.52. The summed E-state index contributed by atoms with van der Waals surface area (Å²) >= 11 is 0. The van der Waals surface area contributed by atoms with Gasteiger partial charge in [-0.1, -0.05) is 42.5 Å². The zero-order valence-corrected chi connectivity index (χ0v) is 13.6. The quantitative estimate of drug-likeness (QED) is 0.662. The van der Waals surface area contributed by atoms with E-state index in [0.29, 0.717) is 0 Å². The number of benzene rings is 2. The number of ether oxygens (including phenoxy) is 1. The zero-order chi connectivity index (χ0) is 15.5. The van der Waals surface area contributed by atoms with Gasteiger partial charge in [-0.15, -0.1) is 0 Å². The number of hydrogen-bond acceptors (Lipinski definition) is 2. The van der Waals surface area contributed by atoms with Gasteiger partial charge in [0.05, 0.1) is 6.61 Å². The highest BCUT2D eigenvalue weighted by molar-refractivity contribution is 5.27. The average Bonchev–Trinajstić information content (AvgIpc) is 2.57. The molecule has 2 heteroatoms. The predicted octanol–water partition coefficient (Wildman–Crippen LogP) is 4.24. The summed E-state index contributed by atoms with van der Waals surface area (Å²) in [5, 5.41) is 3.53. The van der Waals surface area contributed by atoms with Crippen molar-refractivity contribution >= 4 is 0 Å². The highest BCUT2D eigenvalue weighted by Gasteiger charge is 1.96. The number of hydrogen-bond donors (Lipinski definition) is 1. The van der Waals surface area contributed by atoms with Crippen LogP contribution in [0.2, 0.25) is 0 Å². The Morgan fingerprint density at radius 2 is 1.36 bits per heavy atom. The van der Waals surface area contributed by atoms with Gasteiger partial charge in [-0.05, 0) is 69.0 Å². The first-order valence-electron chi connectivity index (χ1n) is 8.35. The molecule has 0 aliphatic carbocycles. The van der Waals surface area contributed by atoms with Crippen molar-refractivity contribution in [1.82, 2.24) is 5.32 Å². The van der Waals surface area contributed by atoms with Gasteiger partial charge in [0, 0.05) is 0 Å². The van der Waals surface area contributed by atoms with Crippen LogP contribution in [0.3, 0.4) is 0 Å². The van der Waals surface area contributed by atoms with E-state index in [1.807, 2.05) is 6.92 Å². The molecule has 2 rings (SSSR count). The maximum atomic E-state index is 5.45. The molecule has 0 heterocycles. The third-order valence-electron chi connectivity index (χ3n) is 3.72. The normalized spacial score (nSPS) is 10.6. The topological polar surface area (TPSA) is 21.3 Å². The Labute approximate surface area is 134 Å². The van der Waals surface area contributed by atoms with Crippen LogP contribution >= 0.6 is 0 Å². The number of rotatable bonds is 10. The van der Waals surface area contributed by atoms with E-state index in [0.717, 1.165) is 38.3 Å². The number of nitrogens with one attached hydrogen (secondary N) is 1. The third kappa shape index (κ3) is 6.31.